The summed E-state index contributed by atoms with van der Waals surface area (Å²) >= 11 is 0. The van der Waals surface area contributed by atoms with Crippen LogP contribution in [-0.4, -0.2) is 43.8 Å². The van der Waals surface area contributed by atoms with Crippen LogP contribution in [0.5, 0.6) is 0 Å². The predicted molar refractivity (Wildman–Crippen MR) is 87.6 cm³/mol. The minimum Gasteiger partial charge on any atom is -0.371 e. The van der Waals surface area contributed by atoms with E-state index in [1.54, 1.807) is 12.1 Å². The van der Waals surface area contributed by atoms with Gasteiger partial charge in [-0.3, -0.25) is 5.43 Å². The van der Waals surface area contributed by atoms with Gasteiger partial charge in [0.1, 0.15) is 12.1 Å². The largest absolute Gasteiger partial charge is 0.371 e. The van der Waals surface area contributed by atoms with Crippen LogP contribution in [0, 0.1) is 22.7 Å². The molecular weight excluding hydrogens is 276 g/mol. The summed E-state index contributed by atoms with van der Waals surface area (Å²) in [6.07, 6.45) is 2.34. The summed E-state index contributed by atoms with van der Waals surface area (Å²) in [4.78, 5) is 4.67. The molecule has 1 fully saturated rings. The van der Waals surface area contributed by atoms with E-state index < -0.39 is 0 Å². The summed E-state index contributed by atoms with van der Waals surface area (Å²) in [5.74, 6) is 0. The third kappa shape index (κ3) is 3.97. The molecular formula is C16H20N6. The molecule has 1 saturated heterocycles. The Kier molecular flexibility index (Phi) is 5.35. The van der Waals surface area contributed by atoms with Crippen molar-refractivity contribution in [1.82, 2.24) is 4.90 Å². The van der Waals surface area contributed by atoms with E-state index in [-0.39, 0.29) is 5.71 Å². The number of nitrogens with zero attached hydrogens (tertiary/aromatic N) is 5. The molecule has 1 heterocycles. The van der Waals surface area contributed by atoms with Crippen LogP contribution in [-0.2, 0) is 0 Å². The lowest BCUT2D eigenvalue weighted by Gasteiger charge is -2.36. The van der Waals surface area contributed by atoms with Crippen molar-refractivity contribution in [3.8, 4) is 12.1 Å². The fraction of sp³-hybridized carbons (Fsp3) is 0.438. The molecule has 1 aliphatic heterocycles. The van der Waals surface area contributed by atoms with Crippen LogP contribution in [0.25, 0.3) is 0 Å². The van der Waals surface area contributed by atoms with Crippen molar-refractivity contribution in [3.05, 3.63) is 24.3 Å². The van der Waals surface area contributed by atoms with E-state index in [2.05, 4.69) is 34.4 Å². The van der Waals surface area contributed by atoms with Gasteiger partial charge < -0.3 is 9.80 Å². The summed E-state index contributed by atoms with van der Waals surface area (Å²) in [6.45, 7) is 2.11. The van der Waals surface area contributed by atoms with E-state index in [0.29, 0.717) is 6.04 Å². The molecule has 0 spiro atoms. The molecule has 0 aliphatic carbocycles. The third-order valence-electron chi connectivity index (χ3n) is 3.94. The number of hydrazone groups is 1. The normalized spacial score (nSPS) is 15.0. The van der Waals surface area contributed by atoms with E-state index >= 15 is 0 Å². The summed E-state index contributed by atoms with van der Waals surface area (Å²) in [5.41, 5.74) is 4.48. The first-order valence-corrected chi connectivity index (χ1v) is 7.29. The molecule has 22 heavy (non-hydrogen) atoms. The van der Waals surface area contributed by atoms with Crippen molar-refractivity contribution < 1.29 is 0 Å². The Morgan fingerprint density at radius 3 is 2.27 bits per heavy atom. The summed E-state index contributed by atoms with van der Waals surface area (Å²) in [5, 5.41) is 21.0. The highest BCUT2D eigenvalue weighted by atomic mass is 15.3. The van der Waals surface area contributed by atoms with Gasteiger partial charge in [0.2, 0.25) is 5.71 Å². The minimum atomic E-state index is -0.185. The van der Waals surface area contributed by atoms with Crippen LogP contribution in [0.3, 0.4) is 0 Å². The lowest BCUT2D eigenvalue weighted by Crippen LogP contribution is -2.41. The van der Waals surface area contributed by atoms with Crippen LogP contribution in [0.2, 0.25) is 0 Å². The Morgan fingerprint density at radius 1 is 1.18 bits per heavy atom. The van der Waals surface area contributed by atoms with Crippen molar-refractivity contribution >= 4 is 17.1 Å². The van der Waals surface area contributed by atoms with Crippen LogP contribution in [0.15, 0.2) is 29.4 Å². The van der Waals surface area contributed by atoms with Gasteiger partial charge in [0.05, 0.1) is 5.69 Å². The molecule has 6 nitrogen and oxygen atoms in total. The lowest BCUT2D eigenvalue weighted by molar-refractivity contribution is 0.249. The van der Waals surface area contributed by atoms with Crippen molar-refractivity contribution in [2.45, 2.75) is 18.9 Å². The maximum absolute atomic E-state index is 8.63. The molecule has 0 atom stereocenters. The first-order valence-electron chi connectivity index (χ1n) is 7.29. The third-order valence-corrected chi connectivity index (χ3v) is 3.94. The number of anilines is 2. The summed E-state index contributed by atoms with van der Waals surface area (Å²) in [6, 6.07) is 12.0. The topological polar surface area (TPSA) is 78.4 Å². The van der Waals surface area contributed by atoms with Crippen molar-refractivity contribution in [2.75, 3.05) is 37.5 Å². The van der Waals surface area contributed by atoms with E-state index in [9.17, 15) is 0 Å². The molecule has 0 radical (unpaired) electrons. The van der Waals surface area contributed by atoms with Crippen LogP contribution in [0.4, 0.5) is 11.4 Å². The first kappa shape index (κ1) is 15.8. The molecule has 0 unspecified atom stereocenters. The number of hydrogen-bond acceptors (Lipinski definition) is 6. The summed E-state index contributed by atoms with van der Waals surface area (Å²) < 4.78 is 0. The zero-order valence-electron chi connectivity index (χ0n) is 13.0. The van der Waals surface area contributed by atoms with Gasteiger partial charge in [0, 0.05) is 24.8 Å². The Hall–Kier alpha value is -2.57. The zero-order valence-corrected chi connectivity index (χ0v) is 13.0. The van der Waals surface area contributed by atoms with Gasteiger partial charge in [-0.25, -0.2) is 0 Å². The van der Waals surface area contributed by atoms with Crippen molar-refractivity contribution in [3.63, 3.8) is 0 Å². The molecule has 0 aromatic heterocycles. The fourth-order valence-electron chi connectivity index (χ4n) is 2.58. The fourth-order valence-corrected chi connectivity index (χ4v) is 2.58. The second kappa shape index (κ2) is 7.44. The lowest BCUT2D eigenvalue weighted by atomic mass is 10.0. The molecule has 1 aliphatic rings. The number of nitriles is 2. The van der Waals surface area contributed by atoms with E-state index in [4.69, 9.17) is 10.5 Å². The summed E-state index contributed by atoms with van der Waals surface area (Å²) in [7, 11) is 4.27. The van der Waals surface area contributed by atoms with Gasteiger partial charge in [0.15, 0.2) is 0 Å². The van der Waals surface area contributed by atoms with Crippen LogP contribution >= 0.6 is 0 Å². The Balaban J connectivity index is 1.94. The Bertz CT molecular complexity index is 581. The molecule has 1 aromatic carbocycles. The SMILES string of the molecule is CN(C)C1CCN(c2ccc(NN=C(C#N)C#N)cc2)CC1. The monoisotopic (exact) mass is 296 g/mol. The van der Waals surface area contributed by atoms with Crippen molar-refractivity contribution in [2.24, 2.45) is 5.10 Å². The van der Waals surface area contributed by atoms with E-state index in [0.717, 1.165) is 18.8 Å². The zero-order chi connectivity index (χ0) is 15.9. The number of hydrogen-bond donors (Lipinski definition) is 1. The molecule has 0 saturated carbocycles. The second-order valence-corrected chi connectivity index (χ2v) is 5.52. The molecule has 2 rings (SSSR count). The highest BCUT2D eigenvalue weighted by molar-refractivity contribution is 6.10. The number of nitrogens with one attached hydrogen (secondary N) is 1. The predicted octanol–water partition coefficient (Wildman–Crippen LogP) is 2.03. The first-order chi connectivity index (χ1) is 10.6. The Morgan fingerprint density at radius 2 is 1.77 bits per heavy atom. The maximum atomic E-state index is 8.63. The quantitative estimate of drug-likeness (QED) is 0.679. The number of piperidine rings is 1. The Labute approximate surface area is 131 Å². The van der Waals surface area contributed by atoms with Gasteiger partial charge in [0.25, 0.3) is 0 Å². The standard InChI is InChI=1S/C16H20N6/c1-21(2)15-7-9-22(10-8-15)16-5-3-13(4-6-16)19-20-14(11-17)12-18/h3-6,15,19H,7-10H2,1-2H3. The highest BCUT2D eigenvalue weighted by Crippen LogP contribution is 2.23. The van der Waals surface area contributed by atoms with E-state index in [1.165, 1.54) is 18.5 Å². The molecule has 1 aromatic rings. The van der Waals surface area contributed by atoms with Crippen LogP contribution < -0.4 is 10.3 Å². The van der Waals surface area contributed by atoms with Gasteiger partial charge in [-0.2, -0.15) is 15.6 Å². The molecule has 6 heteroatoms. The average Bonchev–Trinajstić information content (AvgIpc) is 2.56. The van der Waals surface area contributed by atoms with Crippen LogP contribution in [0.1, 0.15) is 12.8 Å². The molecule has 0 bridgehead atoms. The average molecular weight is 296 g/mol. The molecule has 114 valence electrons. The second-order valence-electron chi connectivity index (χ2n) is 5.52. The van der Waals surface area contributed by atoms with Crippen molar-refractivity contribution in [1.29, 1.82) is 10.5 Å². The van der Waals surface area contributed by atoms with Gasteiger partial charge in [-0.1, -0.05) is 0 Å². The molecule has 0 amide bonds. The number of rotatable bonds is 4. The smallest absolute Gasteiger partial charge is 0.237 e. The van der Waals surface area contributed by atoms with Gasteiger partial charge in [-0.15, -0.1) is 0 Å². The minimum absolute atomic E-state index is 0.185. The van der Waals surface area contributed by atoms with Gasteiger partial charge in [-0.05, 0) is 51.2 Å². The molecule has 1 N–H and O–H groups in total. The maximum Gasteiger partial charge on any atom is 0.237 e. The van der Waals surface area contributed by atoms with Gasteiger partial charge >= 0.3 is 0 Å². The van der Waals surface area contributed by atoms with E-state index in [1.807, 2.05) is 24.3 Å². The number of benzene rings is 1. The highest BCUT2D eigenvalue weighted by Gasteiger charge is 2.20.